The second-order valence-corrected chi connectivity index (χ2v) is 4.11. The quantitative estimate of drug-likeness (QED) is 0.794. The minimum atomic E-state index is -0.594. The molecule has 0 radical (unpaired) electrons. The lowest BCUT2D eigenvalue weighted by Gasteiger charge is -2.14. The van der Waals surface area contributed by atoms with E-state index in [1.54, 1.807) is 6.92 Å². The van der Waals surface area contributed by atoms with E-state index < -0.39 is 6.10 Å². The van der Waals surface area contributed by atoms with Crippen molar-refractivity contribution in [3.63, 3.8) is 0 Å². The molecule has 0 bridgehead atoms. The minimum absolute atomic E-state index is 0.380. The lowest BCUT2D eigenvalue weighted by Crippen LogP contribution is -2.25. The third kappa shape index (κ3) is 3.23. The second-order valence-electron chi connectivity index (χ2n) is 3.19. The standard InChI is InChI=1S/C11H13BrO3/c1-7-4-5-9(12)6-10(7)15-8(2)11(13)14-3/h4-6,8H,1-3H3/t8-/m1/s1. The van der Waals surface area contributed by atoms with Crippen molar-refractivity contribution in [3.8, 4) is 5.75 Å². The van der Waals surface area contributed by atoms with E-state index in [2.05, 4.69) is 20.7 Å². The first-order chi connectivity index (χ1) is 7.04. The first kappa shape index (κ1) is 12.0. The van der Waals surface area contributed by atoms with Gasteiger partial charge in [-0.1, -0.05) is 22.0 Å². The third-order valence-corrected chi connectivity index (χ3v) is 2.48. The molecule has 0 amide bonds. The van der Waals surface area contributed by atoms with Crippen molar-refractivity contribution in [2.45, 2.75) is 20.0 Å². The van der Waals surface area contributed by atoms with Gasteiger partial charge in [0.05, 0.1) is 7.11 Å². The fraction of sp³-hybridized carbons (Fsp3) is 0.364. The number of aryl methyl sites for hydroxylation is 1. The van der Waals surface area contributed by atoms with Gasteiger partial charge in [0.2, 0.25) is 0 Å². The molecular weight excluding hydrogens is 260 g/mol. The molecular formula is C11H13BrO3. The number of esters is 1. The number of carbonyl (C=O) groups is 1. The van der Waals surface area contributed by atoms with Crippen molar-refractivity contribution >= 4 is 21.9 Å². The molecule has 1 aromatic rings. The third-order valence-electron chi connectivity index (χ3n) is 1.99. The van der Waals surface area contributed by atoms with Gasteiger partial charge in [-0.3, -0.25) is 0 Å². The average molecular weight is 273 g/mol. The molecule has 3 nitrogen and oxygen atoms in total. The predicted molar refractivity (Wildman–Crippen MR) is 61.0 cm³/mol. The van der Waals surface area contributed by atoms with Gasteiger partial charge in [0, 0.05) is 4.47 Å². The number of hydrogen-bond donors (Lipinski definition) is 0. The highest BCUT2D eigenvalue weighted by molar-refractivity contribution is 9.10. The molecule has 1 atom stereocenters. The van der Waals surface area contributed by atoms with Gasteiger partial charge in [-0.15, -0.1) is 0 Å². The van der Waals surface area contributed by atoms with E-state index in [0.29, 0.717) is 5.75 Å². The Balaban J connectivity index is 2.80. The maximum atomic E-state index is 11.2. The predicted octanol–water partition coefficient (Wildman–Crippen LogP) is 2.70. The summed E-state index contributed by atoms with van der Waals surface area (Å²) in [5, 5.41) is 0. The van der Waals surface area contributed by atoms with Gasteiger partial charge < -0.3 is 9.47 Å². The number of methoxy groups -OCH3 is 1. The van der Waals surface area contributed by atoms with Crippen molar-refractivity contribution < 1.29 is 14.3 Å². The molecule has 82 valence electrons. The SMILES string of the molecule is COC(=O)[C@@H](C)Oc1cc(Br)ccc1C. The Bertz CT molecular complexity index is 363. The highest BCUT2D eigenvalue weighted by atomic mass is 79.9. The topological polar surface area (TPSA) is 35.5 Å². The van der Waals surface area contributed by atoms with Crippen LogP contribution < -0.4 is 4.74 Å². The molecule has 0 aliphatic carbocycles. The Morgan fingerprint density at radius 3 is 2.73 bits per heavy atom. The molecule has 1 aromatic carbocycles. The van der Waals surface area contributed by atoms with E-state index in [0.717, 1.165) is 10.0 Å². The van der Waals surface area contributed by atoms with Gasteiger partial charge in [-0.05, 0) is 31.5 Å². The summed E-state index contributed by atoms with van der Waals surface area (Å²) in [6, 6.07) is 5.67. The summed E-state index contributed by atoms with van der Waals surface area (Å²) in [7, 11) is 1.34. The van der Waals surface area contributed by atoms with Crippen LogP contribution in [0.3, 0.4) is 0 Å². The molecule has 0 aliphatic heterocycles. The van der Waals surface area contributed by atoms with Crippen LogP contribution in [0.5, 0.6) is 5.75 Å². The molecule has 0 aliphatic rings. The highest BCUT2D eigenvalue weighted by Crippen LogP contribution is 2.23. The summed E-state index contributed by atoms with van der Waals surface area (Å²) < 4.78 is 11.0. The normalized spacial score (nSPS) is 12.0. The van der Waals surface area contributed by atoms with E-state index in [-0.39, 0.29) is 5.97 Å². The Hall–Kier alpha value is -1.03. The molecule has 0 saturated carbocycles. The number of rotatable bonds is 3. The lowest BCUT2D eigenvalue weighted by molar-refractivity contribution is -0.147. The zero-order valence-corrected chi connectivity index (χ0v) is 10.5. The Kier molecular flexibility index (Phi) is 4.15. The van der Waals surface area contributed by atoms with Crippen molar-refractivity contribution in [1.29, 1.82) is 0 Å². The van der Waals surface area contributed by atoms with Gasteiger partial charge in [-0.25, -0.2) is 4.79 Å². The van der Waals surface area contributed by atoms with Gasteiger partial charge in [-0.2, -0.15) is 0 Å². The molecule has 0 spiro atoms. The van der Waals surface area contributed by atoms with Crippen LogP contribution in [0.4, 0.5) is 0 Å². The van der Waals surface area contributed by atoms with Crippen molar-refractivity contribution in [2.24, 2.45) is 0 Å². The fourth-order valence-corrected chi connectivity index (χ4v) is 1.45. The highest BCUT2D eigenvalue weighted by Gasteiger charge is 2.15. The molecule has 0 N–H and O–H groups in total. The summed E-state index contributed by atoms with van der Waals surface area (Å²) in [6.07, 6.45) is -0.594. The first-order valence-electron chi connectivity index (χ1n) is 4.55. The van der Waals surface area contributed by atoms with E-state index >= 15 is 0 Å². The number of halogens is 1. The number of hydrogen-bond acceptors (Lipinski definition) is 3. The molecule has 0 unspecified atom stereocenters. The van der Waals surface area contributed by atoms with Crippen LogP contribution in [0.15, 0.2) is 22.7 Å². The van der Waals surface area contributed by atoms with Gasteiger partial charge >= 0.3 is 5.97 Å². The van der Waals surface area contributed by atoms with Gasteiger partial charge in [0.15, 0.2) is 6.10 Å². The smallest absolute Gasteiger partial charge is 0.346 e. The van der Waals surface area contributed by atoms with Crippen LogP contribution in [0.2, 0.25) is 0 Å². The zero-order chi connectivity index (χ0) is 11.4. The summed E-state index contributed by atoms with van der Waals surface area (Å²) in [5.74, 6) is 0.302. The van der Waals surface area contributed by atoms with Crippen LogP contribution in [0.25, 0.3) is 0 Å². The van der Waals surface area contributed by atoms with Gasteiger partial charge in [0.1, 0.15) is 5.75 Å². The fourth-order valence-electron chi connectivity index (χ4n) is 1.11. The molecule has 0 saturated heterocycles. The van der Waals surface area contributed by atoms with E-state index in [9.17, 15) is 4.79 Å². The monoisotopic (exact) mass is 272 g/mol. The van der Waals surface area contributed by atoms with E-state index in [1.807, 2.05) is 25.1 Å². The zero-order valence-electron chi connectivity index (χ0n) is 8.91. The number of benzene rings is 1. The molecule has 15 heavy (non-hydrogen) atoms. The molecule has 0 heterocycles. The lowest BCUT2D eigenvalue weighted by atomic mass is 10.2. The van der Waals surface area contributed by atoms with Crippen LogP contribution in [0.1, 0.15) is 12.5 Å². The number of carbonyl (C=O) groups excluding carboxylic acids is 1. The van der Waals surface area contributed by atoms with Crippen molar-refractivity contribution in [2.75, 3.05) is 7.11 Å². The molecule has 1 rings (SSSR count). The van der Waals surface area contributed by atoms with Crippen LogP contribution in [0, 0.1) is 6.92 Å². The number of ether oxygens (including phenoxy) is 2. The maximum absolute atomic E-state index is 11.2. The Labute approximate surface area is 97.5 Å². The molecule has 0 fully saturated rings. The Morgan fingerprint density at radius 1 is 1.47 bits per heavy atom. The van der Waals surface area contributed by atoms with Crippen molar-refractivity contribution in [3.05, 3.63) is 28.2 Å². The van der Waals surface area contributed by atoms with Crippen molar-refractivity contribution in [1.82, 2.24) is 0 Å². The summed E-state index contributed by atoms with van der Waals surface area (Å²) in [4.78, 5) is 11.2. The minimum Gasteiger partial charge on any atom is -0.479 e. The molecule has 4 heteroatoms. The first-order valence-corrected chi connectivity index (χ1v) is 5.34. The largest absolute Gasteiger partial charge is 0.479 e. The summed E-state index contributed by atoms with van der Waals surface area (Å²) in [5.41, 5.74) is 0.981. The Morgan fingerprint density at radius 2 is 2.13 bits per heavy atom. The summed E-state index contributed by atoms with van der Waals surface area (Å²) >= 11 is 3.34. The van der Waals surface area contributed by atoms with E-state index in [1.165, 1.54) is 7.11 Å². The second kappa shape index (κ2) is 5.16. The average Bonchev–Trinajstić information content (AvgIpc) is 2.22. The van der Waals surface area contributed by atoms with Crippen LogP contribution >= 0.6 is 15.9 Å². The maximum Gasteiger partial charge on any atom is 0.346 e. The van der Waals surface area contributed by atoms with E-state index in [4.69, 9.17) is 4.74 Å². The van der Waals surface area contributed by atoms with Crippen LogP contribution in [-0.4, -0.2) is 19.2 Å². The molecule has 0 aromatic heterocycles. The summed E-state index contributed by atoms with van der Waals surface area (Å²) in [6.45, 7) is 3.58. The van der Waals surface area contributed by atoms with Gasteiger partial charge in [0.25, 0.3) is 0 Å². The van der Waals surface area contributed by atoms with Crippen LogP contribution in [-0.2, 0) is 9.53 Å².